The van der Waals surface area contributed by atoms with Gasteiger partial charge in [0.05, 0.1) is 0 Å². The van der Waals surface area contributed by atoms with Gasteiger partial charge >= 0.3 is 0 Å². The minimum atomic E-state index is -1.85. The summed E-state index contributed by atoms with van der Waals surface area (Å²) in [4.78, 5) is 3.52. The van der Waals surface area contributed by atoms with Crippen molar-refractivity contribution in [1.82, 2.24) is 4.98 Å². The third-order valence-corrected chi connectivity index (χ3v) is 5.99. The highest BCUT2D eigenvalue weighted by molar-refractivity contribution is 7.16. The summed E-state index contributed by atoms with van der Waals surface area (Å²) in [5, 5.41) is 0. The molecule has 0 aromatic rings. The average molecular weight is 226 g/mol. The Hall–Kier alpha value is 0.644. The van der Waals surface area contributed by atoms with E-state index in [1.807, 2.05) is 6.55 Å². The Morgan fingerprint density at radius 3 is 2.08 bits per heavy atom. The maximum absolute atomic E-state index is 6.14. The van der Waals surface area contributed by atoms with E-state index in [-0.39, 0.29) is 0 Å². The topological polar surface area (TPSA) is 21.3 Å². The second-order valence-electron chi connectivity index (χ2n) is 4.23. The van der Waals surface area contributed by atoms with Crippen molar-refractivity contribution in [2.24, 2.45) is 0 Å². The van der Waals surface area contributed by atoms with Crippen molar-refractivity contribution in [3.63, 3.8) is 0 Å². The van der Waals surface area contributed by atoms with Crippen LogP contribution < -0.4 is 4.98 Å². The molecule has 1 unspecified atom stereocenters. The van der Waals surface area contributed by atoms with Crippen LogP contribution in [0.15, 0.2) is 0 Å². The Balaban J connectivity index is 3.57. The molecule has 0 bridgehead atoms. The minimum Gasteiger partial charge on any atom is -0.407 e. The lowest BCUT2D eigenvalue weighted by atomic mass is 10.8. The smallest absolute Gasteiger partial charge is 0.287 e. The highest BCUT2D eigenvalue weighted by atomic mass is 35.6. The number of hydrogen-bond donors (Lipinski definition) is 1. The van der Waals surface area contributed by atoms with Gasteiger partial charge in [-0.15, -0.1) is 11.1 Å². The average Bonchev–Trinajstić information content (AvgIpc) is 1.84. The van der Waals surface area contributed by atoms with Crippen LogP contribution >= 0.6 is 11.1 Å². The molecule has 2 nitrogen and oxygen atoms in total. The molecule has 0 radical (unpaired) electrons. The summed E-state index contributed by atoms with van der Waals surface area (Å²) < 4.78 is 5.23. The third-order valence-electron chi connectivity index (χ3n) is 1.65. The van der Waals surface area contributed by atoms with Crippen LogP contribution in [-0.2, 0) is 4.43 Å². The van der Waals surface area contributed by atoms with Crippen LogP contribution in [0.4, 0.5) is 0 Å². The van der Waals surface area contributed by atoms with E-state index in [1.165, 1.54) is 0 Å². The molecule has 0 aromatic carbocycles. The maximum atomic E-state index is 6.14. The first kappa shape index (κ1) is 12.6. The summed E-state index contributed by atoms with van der Waals surface area (Å²) in [6.45, 7) is 9.88. The quantitative estimate of drug-likeness (QED) is 0.573. The molecule has 0 rings (SSSR count). The van der Waals surface area contributed by atoms with Crippen LogP contribution in [0.2, 0.25) is 32.2 Å². The van der Waals surface area contributed by atoms with E-state index in [9.17, 15) is 0 Å². The molecule has 0 saturated heterocycles. The molecule has 0 saturated carbocycles. The van der Waals surface area contributed by atoms with Crippen molar-refractivity contribution >= 4 is 26.9 Å². The summed E-state index contributed by atoms with van der Waals surface area (Å²) in [5.74, 6) is 0. The van der Waals surface area contributed by atoms with Crippen LogP contribution in [0, 0.1) is 0 Å². The van der Waals surface area contributed by atoms with Crippen LogP contribution in [0.25, 0.3) is 0 Å². The largest absolute Gasteiger partial charge is 0.407 e. The van der Waals surface area contributed by atoms with Crippen molar-refractivity contribution in [2.75, 3.05) is 13.7 Å². The molecule has 12 heavy (non-hydrogen) atoms. The van der Waals surface area contributed by atoms with Gasteiger partial charge in [0.25, 0.3) is 7.63 Å². The Morgan fingerprint density at radius 1 is 1.25 bits per heavy atom. The predicted molar refractivity (Wildman–Crippen MR) is 60.6 cm³/mol. The molecule has 0 aliphatic carbocycles. The highest BCUT2D eigenvalue weighted by Crippen LogP contribution is 2.14. The summed E-state index contributed by atoms with van der Waals surface area (Å²) >= 11 is 6.14. The molecule has 74 valence electrons. The van der Waals surface area contributed by atoms with E-state index >= 15 is 0 Å². The first-order valence-corrected chi connectivity index (χ1v) is 11.4. The molecule has 0 aromatic heterocycles. The van der Waals surface area contributed by atoms with E-state index in [0.717, 1.165) is 12.6 Å². The minimum absolute atomic E-state index is 0.981. The highest BCUT2D eigenvalue weighted by Gasteiger charge is 2.24. The first-order chi connectivity index (χ1) is 5.27. The lowest BCUT2D eigenvalue weighted by molar-refractivity contribution is 0.415. The molecular formula is C7H20ClNOSi2. The summed E-state index contributed by atoms with van der Waals surface area (Å²) in [6.07, 6.45) is 0. The number of nitrogens with one attached hydrogen (secondary N) is 1. The van der Waals surface area contributed by atoms with Crippen LogP contribution in [-0.4, -0.2) is 29.5 Å². The fourth-order valence-corrected chi connectivity index (χ4v) is 2.95. The fourth-order valence-electron chi connectivity index (χ4n) is 0.763. The van der Waals surface area contributed by atoms with Gasteiger partial charge in [0, 0.05) is 7.11 Å². The zero-order chi connectivity index (χ0) is 9.83. The molecule has 0 amide bonds. The molecule has 0 aliphatic rings. The van der Waals surface area contributed by atoms with Gasteiger partial charge in [-0.1, -0.05) is 19.6 Å². The van der Waals surface area contributed by atoms with Crippen LogP contribution in [0.5, 0.6) is 0 Å². The zero-order valence-corrected chi connectivity index (χ0v) is 11.5. The second-order valence-corrected chi connectivity index (χ2v) is 14.6. The molecule has 0 aliphatic heterocycles. The molecule has 1 atom stereocenters. The standard InChI is InChI=1S/C7H20ClNOSi2/c1-10-12(5,8)7-6-9-11(2,3)4/h9H,6-7H2,1-5H3. The van der Waals surface area contributed by atoms with Gasteiger partial charge in [-0.2, -0.15) is 0 Å². The van der Waals surface area contributed by atoms with Gasteiger partial charge in [-0.25, -0.2) is 0 Å². The SMILES string of the molecule is CO[Si](C)(Cl)CCN[Si](C)(C)C. The molecule has 0 fully saturated rings. The van der Waals surface area contributed by atoms with E-state index in [0.29, 0.717) is 0 Å². The van der Waals surface area contributed by atoms with Crippen LogP contribution in [0.3, 0.4) is 0 Å². The zero-order valence-electron chi connectivity index (χ0n) is 8.70. The first-order valence-electron chi connectivity index (χ1n) is 4.26. The lowest BCUT2D eigenvalue weighted by Gasteiger charge is -2.22. The van der Waals surface area contributed by atoms with Crippen molar-refractivity contribution in [3.05, 3.63) is 0 Å². The Labute approximate surface area is 82.6 Å². The van der Waals surface area contributed by atoms with Gasteiger partial charge in [0.15, 0.2) is 0 Å². The summed E-state index contributed by atoms with van der Waals surface area (Å²) in [7, 11) is -1.25. The molecule has 0 spiro atoms. The lowest BCUT2D eigenvalue weighted by Crippen LogP contribution is -2.44. The van der Waals surface area contributed by atoms with Gasteiger partial charge in [0.2, 0.25) is 0 Å². The van der Waals surface area contributed by atoms with Gasteiger partial charge < -0.3 is 9.41 Å². The maximum Gasteiger partial charge on any atom is 0.287 e. The molecule has 1 N–H and O–H groups in total. The van der Waals surface area contributed by atoms with Crippen LogP contribution in [0.1, 0.15) is 0 Å². The normalized spacial score (nSPS) is 17.5. The van der Waals surface area contributed by atoms with Gasteiger partial charge in [0.1, 0.15) is 8.24 Å². The third kappa shape index (κ3) is 7.30. The summed E-state index contributed by atoms with van der Waals surface area (Å²) in [6, 6.07) is 0.981. The van der Waals surface area contributed by atoms with E-state index < -0.39 is 15.9 Å². The predicted octanol–water partition coefficient (Wildman–Crippen LogP) is 2.37. The van der Waals surface area contributed by atoms with Crippen molar-refractivity contribution < 1.29 is 4.43 Å². The summed E-state index contributed by atoms with van der Waals surface area (Å²) in [5.41, 5.74) is 0. The van der Waals surface area contributed by atoms with Gasteiger partial charge in [-0.3, -0.25) is 0 Å². The Bertz CT molecular complexity index is 136. The number of halogens is 1. The Morgan fingerprint density at radius 2 is 1.75 bits per heavy atom. The fraction of sp³-hybridized carbons (Fsp3) is 1.00. The molecule has 5 heteroatoms. The molecule has 0 heterocycles. The Kier molecular flexibility index (Phi) is 5.02. The molecular weight excluding hydrogens is 206 g/mol. The monoisotopic (exact) mass is 225 g/mol. The van der Waals surface area contributed by atoms with Crippen molar-refractivity contribution in [3.8, 4) is 0 Å². The van der Waals surface area contributed by atoms with Crippen molar-refractivity contribution in [2.45, 2.75) is 32.2 Å². The number of hydrogen-bond acceptors (Lipinski definition) is 2. The van der Waals surface area contributed by atoms with Crippen molar-refractivity contribution in [1.29, 1.82) is 0 Å². The van der Waals surface area contributed by atoms with E-state index in [4.69, 9.17) is 15.5 Å². The van der Waals surface area contributed by atoms with E-state index in [1.54, 1.807) is 7.11 Å². The van der Waals surface area contributed by atoms with E-state index in [2.05, 4.69) is 24.6 Å². The second kappa shape index (κ2) is 4.76. The van der Waals surface area contributed by atoms with Gasteiger partial charge in [-0.05, 0) is 19.1 Å². The number of rotatable bonds is 5.